The highest BCUT2D eigenvalue weighted by Crippen LogP contribution is 2.48. The minimum Gasteiger partial charge on any atom is -0.550 e. The molecule has 4 rings (SSSR count). The molecule has 25 heavy (non-hydrogen) atoms. The summed E-state index contributed by atoms with van der Waals surface area (Å²) < 4.78 is 5.61. The molecular weight excluding hydrogens is 318 g/mol. The maximum Gasteiger partial charge on any atom is 0.228 e. The van der Waals surface area contributed by atoms with Gasteiger partial charge in [-0.05, 0) is 49.4 Å². The molecule has 0 radical (unpaired) electrons. The molecule has 1 amide bonds. The lowest BCUT2D eigenvalue weighted by atomic mass is 9.82. The Balaban J connectivity index is 1.55. The predicted octanol–water partition coefficient (Wildman–Crippen LogP) is 2.38. The van der Waals surface area contributed by atoms with Crippen molar-refractivity contribution in [3.05, 3.63) is 54.3 Å². The highest BCUT2D eigenvalue weighted by molar-refractivity contribution is 5.96. The first-order valence-corrected chi connectivity index (χ1v) is 8.40. The minimum atomic E-state index is -1.14. The standard InChI is InChI=1S/C20H19NO4/c1-11-5-8-16(25-11)12-3-2-4-15(10-12)21-19(22)17-13-6-7-14(9-13)18(17)20(23)24/h2-8,10,13-14,17-18H,9H2,1H3,(H,21,22)(H,23,24)/p-1/t13-,14+,17+,18+/m0/s1. The van der Waals surface area contributed by atoms with Crippen LogP contribution in [-0.4, -0.2) is 11.9 Å². The molecule has 2 aliphatic carbocycles. The van der Waals surface area contributed by atoms with Crippen molar-refractivity contribution < 1.29 is 19.1 Å². The third-order valence-corrected chi connectivity index (χ3v) is 5.19. The summed E-state index contributed by atoms with van der Waals surface area (Å²) in [6, 6.07) is 11.1. The third-order valence-electron chi connectivity index (χ3n) is 5.19. The zero-order chi connectivity index (χ0) is 17.6. The second-order valence-electron chi connectivity index (χ2n) is 6.80. The van der Waals surface area contributed by atoms with E-state index in [1.165, 1.54) is 0 Å². The van der Waals surface area contributed by atoms with Gasteiger partial charge in [0.1, 0.15) is 11.5 Å². The highest BCUT2D eigenvalue weighted by Gasteiger charge is 2.48. The fraction of sp³-hybridized carbons (Fsp3) is 0.300. The Bertz CT molecular complexity index is 866. The second kappa shape index (κ2) is 5.92. The van der Waals surface area contributed by atoms with E-state index in [2.05, 4.69) is 5.32 Å². The molecule has 128 valence electrons. The molecule has 0 saturated heterocycles. The minimum absolute atomic E-state index is 0.0243. The van der Waals surface area contributed by atoms with Crippen LogP contribution in [-0.2, 0) is 9.59 Å². The number of fused-ring (bicyclic) bond motifs is 2. The van der Waals surface area contributed by atoms with E-state index in [0.717, 1.165) is 17.1 Å². The van der Waals surface area contributed by atoms with Crippen molar-refractivity contribution in [3.63, 3.8) is 0 Å². The van der Waals surface area contributed by atoms with E-state index in [1.54, 1.807) is 6.07 Å². The number of anilines is 1. The Morgan fingerprint density at radius 1 is 1.12 bits per heavy atom. The van der Waals surface area contributed by atoms with E-state index in [4.69, 9.17) is 4.42 Å². The number of furan rings is 1. The Hall–Kier alpha value is -2.82. The summed E-state index contributed by atoms with van der Waals surface area (Å²) in [5, 5.41) is 14.3. The van der Waals surface area contributed by atoms with Crippen LogP contribution in [0.3, 0.4) is 0 Å². The number of benzene rings is 1. The normalized spacial score (nSPS) is 26.8. The molecule has 0 aliphatic heterocycles. The van der Waals surface area contributed by atoms with Crippen LogP contribution in [0.15, 0.2) is 53.0 Å². The lowest BCUT2D eigenvalue weighted by molar-refractivity contribution is -0.313. The van der Waals surface area contributed by atoms with Gasteiger partial charge in [-0.1, -0.05) is 24.3 Å². The number of rotatable bonds is 4. The molecule has 4 atom stereocenters. The van der Waals surface area contributed by atoms with Gasteiger partial charge in [0.15, 0.2) is 0 Å². The fourth-order valence-corrected chi connectivity index (χ4v) is 4.07. The maximum absolute atomic E-state index is 12.7. The average molecular weight is 336 g/mol. The number of carbonyl (C=O) groups is 2. The van der Waals surface area contributed by atoms with Gasteiger partial charge in [-0.2, -0.15) is 0 Å². The molecule has 1 aromatic carbocycles. The number of hydrogen-bond acceptors (Lipinski definition) is 4. The number of carboxylic acids is 1. The van der Waals surface area contributed by atoms with Crippen molar-refractivity contribution in [2.45, 2.75) is 13.3 Å². The molecule has 2 bridgehead atoms. The van der Waals surface area contributed by atoms with Gasteiger partial charge in [0.25, 0.3) is 0 Å². The number of carboxylic acid groups (broad SMARTS) is 1. The van der Waals surface area contributed by atoms with Crippen molar-refractivity contribution in [1.29, 1.82) is 0 Å². The van der Waals surface area contributed by atoms with Crippen LogP contribution in [0.1, 0.15) is 12.2 Å². The summed E-state index contributed by atoms with van der Waals surface area (Å²) in [5.74, 6) is -1.30. The van der Waals surface area contributed by atoms with E-state index >= 15 is 0 Å². The molecule has 1 saturated carbocycles. The first-order chi connectivity index (χ1) is 12.0. The van der Waals surface area contributed by atoms with Gasteiger partial charge in [0.2, 0.25) is 5.91 Å². The van der Waals surface area contributed by atoms with E-state index in [9.17, 15) is 14.7 Å². The summed E-state index contributed by atoms with van der Waals surface area (Å²) in [6.07, 6.45) is 4.56. The molecule has 5 nitrogen and oxygen atoms in total. The Morgan fingerprint density at radius 2 is 1.88 bits per heavy atom. The number of hydrogen-bond donors (Lipinski definition) is 1. The van der Waals surface area contributed by atoms with Crippen LogP contribution >= 0.6 is 0 Å². The van der Waals surface area contributed by atoms with Gasteiger partial charge < -0.3 is 19.6 Å². The average Bonchev–Trinajstić information content (AvgIpc) is 3.30. The van der Waals surface area contributed by atoms with Crippen molar-refractivity contribution in [2.75, 3.05) is 5.32 Å². The quantitative estimate of drug-likeness (QED) is 0.869. The smallest absolute Gasteiger partial charge is 0.228 e. The van der Waals surface area contributed by atoms with E-state index in [0.29, 0.717) is 12.1 Å². The van der Waals surface area contributed by atoms with E-state index < -0.39 is 17.8 Å². The van der Waals surface area contributed by atoms with E-state index in [-0.39, 0.29) is 17.7 Å². The molecular formula is C20H18NO4-. The van der Waals surface area contributed by atoms with Crippen LogP contribution in [0.5, 0.6) is 0 Å². The summed E-state index contributed by atoms with van der Waals surface area (Å²) in [7, 11) is 0. The number of aryl methyl sites for hydroxylation is 1. The van der Waals surface area contributed by atoms with Crippen molar-refractivity contribution >= 4 is 17.6 Å². The lowest BCUT2D eigenvalue weighted by Gasteiger charge is -2.27. The van der Waals surface area contributed by atoms with Crippen LogP contribution < -0.4 is 10.4 Å². The van der Waals surface area contributed by atoms with E-state index in [1.807, 2.05) is 49.4 Å². The van der Waals surface area contributed by atoms with Crippen molar-refractivity contribution in [3.8, 4) is 11.3 Å². The molecule has 0 spiro atoms. The summed E-state index contributed by atoms with van der Waals surface area (Å²) >= 11 is 0. The highest BCUT2D eigenvalue weighted by atomic mass is 16.4. The topological polar surface area (TPSA) is 82.4 Å². The molecule has 1 N–H and O–H groups in total. The zero-order valence-electron chi connectivity index (χ0n) is 13.8. The van der Waals surface area contributed by atoms with Gasteiger partial charge in [-0.25, -0.2) is 0 Å². The third kappa shape index (κ3) is 2.76. The van der Waals surface area contributed by atoms with Gasteiger partial charge in [0.05, 0.1) is 5.92 Å². The SMILES string of the molecule is Cc1ccc(-c2cccc(NC(=O)[C@H]3[C@H](C(=O)[O-])[C@@H]4C=C[C@H]3C4)c2)o1. The van der Waals surface area contributed by atoms with Crippen molar-refractivity contribution in [1.82, 2.24) is 0 Å². The van der Waals surface area contributed by atoms with Crippen LogP contribution in [0, 0.1) is 30.6 Å². The second-order valence-corrected chi connectivity index (χ2v) is 6.80. The van der Waals surface area contributed by atoms with Crippen molar-refractivity contribution in [2.24, 2.45) is 23.7 Å². The summed E-state index contributed by atoms with van der Waals surface area (Å²) in [5.41, 5.74) is 1.48. The molecule has 0 unspecified atom stereocenters. The first-order valence-electron chi connectivity index (χ1n) is 8.40. The monoisotopic (exact) mass is 336 g/mol. The molecule has 1 fully saturated rings. The first kappa shape index (κ1) is 15.7. The Morgan fingerprint density at radius 3 is 2.56 bits per heavy atom. The van der Waals surface area contributed by atoms with Crippen LogP contribution in [0.2, 0.25) is 0 Å². The molecule has 2 aliphatic rings. The maximum atomic E-state index is 12.7. The number of amides is 1. The summed E-state index contributed by atoms with van der Waals surface area (Å²) in [4.78, 5) is 24.2. The van der Waals surface area contributed by atoms with Gasteiger partial charge in [-0.3, -0.25) is 4.79 Å². The molecule has 2 aromatic rings. The van der Waals surface area contributed by atoms with Crippen LogP contribution in [0.4, 0.5) is 5.69 Å². The number of allylic oxidation sites excluding steroid dienone is 2. The summed E-state index contributed by atoms with van der Waals surface area (Å²) in [6.45, 7) is 1.87. The van der Waals surface area contributed by atoms with Crippen LogP contribution in [0.25, 0.3) is 11.3 Å². The number of aliphatic carboxylic acids is 1. The largest absolute Gasteiger partial charge is 0.550 e. The van der Waals surface area contributed by atoms with Gasteiger partial charge in [0, 0.05) is 23.1 Å². The zero-order valence-corrected chi connectivity index (χ0v) is 13.8. The van der Waals surface area contributed by atoms with Gasteiger partial charge >= 0.3 is 0 Å². The fourth-order valence-electron chi connectivity index (χ4n) is 4.07. The number of nitrogens with one attached hydrogen (secondary N) is 1. The molecule has 1 heterocycles. The van der Waals surface area contributed by atoms with Gasteiger partial charge in [-0.15, -0.1) is 0 Å². The lowest BCUT2D eigenvalue weighted by Crippen LogP contribution is -2.42. The number of carbonyl (C=O) groups excluding carboxylic acids is 2. The molecule has 1 aromatic heterocycles. The Labute approximate surface area is 145 Å². The predicted molar refractivity (Wildman–Crippen MR) is 90.2 cm³/mol. The Kier molecular flexibility index (Phi) is 3.71. The molecule has 5 heteroatoms.